The van der Waals surface area contributed by atoms with Crippen LogP contribution in [-0.2, 0) is 13.6 Å². The van der Waals surface area contributed by atoms with E-state index in [-0.39, 0.29) is 0 Å². The molecule has 0 saturated carbocycles. The maximum Gasteiger partial charge on any atom is 0.0471 e. The lowest BCUT2D eigenvalue weighted by Gasteiger charge is -2.37. The molecule has 1 aromatic rings. The van der Waals surface area contributed by atoms with Crippen LogP contribution in [0.1, 0.15) is 25.5 Å². The molecule has 1 saturated heterocycles. The van der Waals surface area contributed by atoms with E-state index >= 15 is 0 Å². The Morgan fingerprint density at radius 3 is 2.88 bits per heavy atom. The third-order valence-electron chi connectivity index (χ3n) is 3.78. The predicted octanol–water partition coefficient (Wildman–Crippen LogP) is 1.62. The van der Waals surface area contributed by atoms with E-state index in [4.69, 9.17) is 0 Å². The van der Waals surface area contributed by atoms with Crippen molar-refractivity contribution in [3.05, 3.63) is 24.0 Å². The number of aliphatic hydroxyl groups is 1. The molecule has 3 nitrogen and oxygen atoms in total. The molecule has 0 radical (unpaired) electrons. The molecule has 90 valence electrons. The standard InChI is InChI=1S/C13H22N2O/c1-11-5-6-12(10-16)8-15(11)9-13-4-3-7-14(13)2/h3-4,7,11-12,16H,5-6,8-10H2,1-2H3/t11-,12+/m1/s1. The maximum atomic E-state index is 9.24. The fraction of sp³-hybridized carbons (Fsp3) is 0.692. The smallest absolute Gasteiger partial charge is 0.0471 e. The van der Waals surface area contributed by atoms with Gasteiger partial charge in [-0.1, -0.05) is 0 Å². The largest absolute Gasteiger partial charge is 0.396 e. The molecule has 2 rings (SSSR count). The number of hydrogen-bond acceptors (Lipinski definition) is 2. The number of aryl methyl sites for hydroxylation is 1. The van der Waals surface area contributed by atoms with Gasteiger partial charge in [-0.05, 0) is 37.8 Å². The molecule has 2 atom stereocenters. The van der Waals surface area contributed by atoms with Crippen molar-refractivity contribution in [1.29, 1.82) is 0 Å². The number of rotatable bonds is 3. The molecule has 0 spiro atoms. The Morgan fingerprint density at radius 2 is 2.25 bits per heavy atom. The number of hydrogen-bond donors (Lipinski definition) is 1. The van der Waals surface area contributed by atoms with Crippen molar-refractivity contribution in [2.75, 3.05) is 13.2 Å². The van der Waals surface area contributed by atoms with Crippen molar-refractivity contribution in [2.45, 2.75) is 32.4 Å². The van der Waals surface area contributed by atoms with Crippen LogP contribution in [0, 0.1) is 5.92 Å². The second-order valence-electron chi connectivity index (χ2n) is 5.01. The second-order valence-corrected chi connectivity index (χ2v) is 5.01. The number of piperidine rings is 1. The normalized spacial score (nSPS) is 27.2. The minimum atomic E-state index is 0.330. The molecule has 1 aromatic heterocycles. The molecule has 0 bridgehead atoms. The van der Waals surface area contributed by atoms with Gasteiger partial charge in [0.25, 0.3) is 0 Å². The van der Waals surface area contributed by atoms with E-state index in [0.29, 0.717) is 18.6 Å². The van der Waals surface area contributed by atoms with Gasteiger partial charge in [0.05, 0.1) is 0 Å². The lowest BCUT2D eigenvalue weighted by atomic mass is 9.94. The zero-order valence-corrected chi connectivity index (χ0v) is 10.3. The van der Waals surface area contributed by atoms with E-state index in [1.165, 1.54) is 18.5 Å². The minimum absolute atomic E-state index is 0.330. The molecule has 2 heterocycles. The van der Waals surface area contributed by atoms with Crippen LogP contribution in [0.15, 0.2) is 18.3 Å². The summed E-state index contributed by atoms with van der Waals surface area (Å²) in [6, 6.07) is 4.90. The molecular formula is C13H22N2O. The first-order valence-corrected chi connectivity index (χ1v) is 6.16. The summed E-state index contributed by atoms with van der Waals surface area (Å²) < 4.78 is 2.18. The molecule has 0 unspecified atom stereocenters. The van der Waals surface area contributed by atoms with E-state index in [1.807, 2.05) is 0 Å². The second kappa shape index (κ2) is 5.02. The lowest BCUT2D eigenvalue weighted by Crippen LogP contribution is -2.42. The van der Waals surface area contributed by atoms with Crippen LogP contribution in [0.5, 0.6) is 0 Å². The average Bonchev–Trinajstić information content (AvgIpc) is 2.68. The minimum Gasteiger partial charge on any atom is -0.396 e. The summed E-state index contributed by atoms with van der Waals surface area (Å²) in [6.45, 7) is 4.65. The summed E-state index contributed by atoms with van der Waals surface area (Å²) in [6.07, 6.45) is 4.46. The highest BCUT2D eigenvalue weighted by molar-refractivity contribution is 5.06. The summed E-state index contributed by atoms with van der Waals surface area (Å²) in [7, 11) is 2.09. The van der Waals surface area contributed by atoms with Gasteiger partial charge in [-0.3, -0.25) is 4.90 Å². The van der Waals surface area contributed by atoms with Crippen molar-refractivity contribution in [3.63, 3.8) is 0 Å². The molecule has 3 heteroatoms. The summed E-state index contributed by atoms with van der Waals surface area (Å²) in [5.74, 6) is 0.469. The molecule has 1 N–H and O–H groups in total. The SMILES string of the molecule is C[C@@H]1CC[C@H](CO)CN1Cc1cccn1C. The highest BCUT2D eigenvalue weighted by Gasteiger charge is 2.25. The Morgan fingerprint density at radius 1 is 1.44 bits per heavy atom. The Balaban J connectivity index is 1.99. The van der Waals surface area contributed by atoms with Crippen LogP contribution in [-0.4, -0.2) is 33.8 Å². The van der Waals surface area contributed by atoms with Gasteiger partial charge in [0, 0.05) is 44.7 Å². The van der Waals surface area contributed by atoms with Crippen molar-refractivity contribution in [1.82, 2.24) is 9.47 Å². The molecule has 1 aliphatic rings. The molecule has 0 aromatic carbocycles. The van der Waals surface area contributed by atoms with Crippen LogP contribution in [0.3, 0.4) is 0 Å². The van der Waals surface area contributed by atoms with E-state index in [9.17, 15) is 5.11 Å². The van der Waals surface area contributed by atoms with Gasteiger partial charge in [0.1, 0.15) is 0 Å². The van der Waals surface area contributed by atoms with Gasteiger partial charge < -0.3 is 9.67 Å². The lowest BCUT2D eigenvalue weighted by molar-refractivity contribution is 0.0756. The summed E-state index contributed by atoms with van der Waals surface area (Å²) in [5.41, 5.74) is 1.35. The van der Waals surface area contributed by atoms with Gasteiger partial charge in [0.2, 0.25) is 0 Å². The van der Waals surface area contributed by atoms with Crippen LogP contribution < -0.4 is 0 Å². The van der Waals surface area contributed by atoms with Gasteiger partial charge in [-0.15, -0.1) is 0 Å². The molecular weight excluding hydrogens is 200 g/mol. The number of aromatic nitrogens is 1. The average molecular weight is 222 g/mol. The van der Waals surface area contributed by atoms with E-state index < -0.39 is 0 Å². The van der Waals surface area contributed by atoms with E-state index in [0.717, 1.165) is 13.1 Å². The highest BCUT2D eigenvalue weighted by atomic mass is 16.3. The highest BCUT2D eigenvalue weighted by Crippen LogP contribution is 2.23. The number of nitrogens with zero attached hydrogens (tertiary/aromatic N) is 2. The van der Waals surface area contributed by atoms with E-state index in [2.05, 4.69) is 41.8 Å². The quantitative estimate of drug-likeness (QED) is 0.842. The van der Waals surface area contributed by atoms with Crippen molar-refractivity contribution >= 4 is 0 Å². The van der Waals surface area contributed by atoms with Crippen LogP contribution in [0.25, 0.3) is 0 Å². The maximum absolute atomic E-state index is 9.24. The summed E-state index contributed by atoms with van der Waals surface area (Å²) >= 11 is 0. The third kappa shape index (κ3) is 2.47. The number of likely N-dealkylation sites (tertiary alicyclic amines) is 1. The Hall–Kier alpha value is -0.800. The van der Waals surface area contributed by atoms with Crippen LogP contribution >= 0.6 is 0 Å². The zero-order chi connectivity index (χ0) is 11.5. The Kier molecular flexibility index (Phi) is 3.66. The van der Waals surface area contributed by atoms with Crippen molar-refractivity contribution < 1.29 is 5.11 Å². The fourth-order valence-electron chi connectivity index (χ4n) is 2.50. The molecule has 16 heavy (non-hydrogen) atoms. The molecule has 0 aliphatic carbocycles. The van der Waals surface area contributed by atoms with Gasteiger partial charge in [-0.2, -0.15) is 0 Å². The first-order valence-electron chi connectivity index (χ1n) is 6.16. The van der Waals surface area contributed by atoms with Gasteiger partial charge >= 0.3 is 0 Å². The summed E-state index contributed by atoms with van der Waals surface area (Å²) in [4.78, 5) is 2.49. The summed E-state index contributed by atoms with van der Waals surface area (Å²) in [5, 5.41) is 9.24. The molecule has 0 amide bonds. The molecule has 1 aliphatic heterocycles. The Labute approximate surface area is 97.7 Å². The van der Waals surface area contributed by atoms with Crippen LogP contribution in [0.2, 0.25) is 0 Å². The monoisotopic (exact) mass is 222 g/mol. The molecule has 1 fully saturated rings. The zero-order valence-electron chi connectivity index (χ0n) is 10.3. The van der Waals surface area contributed by atoms with Crippen molar-refractivity contribution in [2.24, 2.45) is 13.0 Å². The van der Waals surface area contributed by atoms with Gasteiger partial charge in [0.15, 0.2) is 0 Å². The predicted molar refractivity (Wildman–Crippen MR) is 65.1 cm³/mol. The van der Waals surface area contributed by atoms with Crippen LogP contribution in [0.4, 0.5) is 0 Å². The van der Waals surface area contributed by atoms with E-state index in [1.54, 1.807) is 0 Å². The first kappa shape index (κ1) is 11.7. The van der Waals surface area contributed by atoms with Gasteiger partial charge in [-0.25, -0.2) is 0 Å². The van der Waals surface area contributed by atoms with Crippen molar-refractivity contribution in [3.8, 4) is 0 Å². The number of aliphatic hydroxyl groups excluding tert-OH is 1. The first-order chi connectivity index (χ1) is 7.70. The topological polar surface area (TPSA) is 28.4 Å². The Bertz CT molecular complexity index is 334. The fourth-order valence-corrected chi connectivity index (χ4v) is 2.50. The third-order valence-corrected chi connectivity index (χ3v) is 3.78.